The number of ether oxygens (including phenoxy) is 1. The number of benzene rings is 1. The number of anilines is 1. The average Bonchev–Trinajstić information content (AvgIpc) is 2.78. The van der Waals surface area contributed by atoms with Crippen LogP contribution in [0.25, 0.3) is 16.8 Å². The van der Waals surface area contributed by atoms with Crippen molar-refractivity contribution in [1.82, 2.24) is 15.3 Å². The summed E-state index contributed by atoms with van der Waals surface area (Å²) in [5, 5.41) is 12.8. The van der Waals surface area contributed by atoms with E-state index in [1.54, 1.807) is 7.05 Å². The molecular formula is C24H34N4O2. The number of allylic oxidation sites excluding steroid dienone is 1. The molecule has 1 aliphatic carbocycles. The Labute approximate surface area is 180 Å². The predicted octanol–water partition coefficient (Wildman–Crippen LogP) is 3.90. The number of aromatic nitrogens is 2. The van der Waals surface area contributed by atoms with Crippen LogP contribution in [-0.2, 0) is 0 Å². The fourth-order valence-corrected chi connectivity index (χ4v) is 3.84. The number of rotatable bonds is 9. The van der Waals surface area contributed by atoms with Crippen molar-refractivity contribution in [3.05, 3.63) is 42.7 Å². The number of nitrogens with one attached hydrogen (secondary N) is 1. The monoisotopic (exact) mass is 410 g/mol. The smallest absolute Gasteiger partial charge is 0.157 e. The second kappa shape index (κ2) is 10.5. The van der Waals surface area contributed by atoms with E-state index in [-0.39, 0.29) is 6.61 Å². The van der Waals surface area contributed by atoms with E-state index in [0.29, 0.717) is 24.2 Å². The topological polar surface area (TPSA) is 70.5 Å². The van der Waals surface area contributed by atoms with Crippen molar-refractivity contribution < 1.29 is 9.84 Å². The zero-order valence-corrected chi connectivity index (χ0v) is 18.4. The summed E-state index contributed by atoms with van der Waals surface area (Å²) in [6, 6.07) is 10.4. The highest BCUT2D eigenvalue weighted by atomic mass is 16.5. The molecule has 0 radical (unpaired) electrons. The van der Waals surface area contributed by atoms with Gasteiger partial charge in [-0.2, -0.15) is 0 Å². The lowest BCUT2D eigenvalue weighted by Gasteiger charge is -2.32. The van der Waals surface area contributed by atoms with Gasteiger partial charge in [-0.05, 0) is 44.5 Å². The average molecular weight is 411 g/mol. The van der Waals surface area contributed by atoms with Gasteiger partial charge in [-0.3, -0.25) is 0 Å². The van der Waals surface area contributed by atoms with E-state index in [1.807, 2.05) is 31.2 Å². The maximum atomic E-state index is 9.89. The summed E-state index contributed by atoms with van der Waals surface area (Å²) in [5.74, 6) is 2.31. The van der Waals surface area contributed by atoms with Gasteiger partial charge in [0, 0.05) is 31.3 Å². The molecule has 1 aromatic heterocycles. The first-order chi connectivity index (χ1) is 14.5. The van der Waals surface area contributed by atoms with Gasteiger partial charge < -0.3 is 20.1 Å². The highest BCUT2D eigenvalue weighted by molar-refractivity contribution is 5.68. The Bertz CT molecular complexity index is 849. The zero-order valence-electron chi connectivity index (χ0n) is 18.4. The highest BCUT2D eigenvalue weighted by Crippen LogP contribution is 2.30. The van der Waals surface area contributed by atoms with Crippen LogP contribution in [0.1, 0.15) is 44.9 Å². The standard InChI is InChI=1S/C24H34N4O2/c1-17(2)24-26-22(14-23(27-24)28(4)19-10-6-5-7-11-19)18-9-8-12-21(13-18)30-16-20(29)15-25-3/h8-9,12-14,19-20,25,29H,1,5-7,10-11,15-16H2,2-4H3. The third kappa shape index (κ3) is 5.80. The highest BCUT2D eigenvalue weighted by Gasteiger charge is 2.21. The lowest BCUT2D eigenvalue weighted by Crippen LogP contribution is -2.34. The molecule has 0 spiro atoms. The predicted molar refractivity (Wildman–Crippen MR) is 123 cm³/mol. The second-order valence-corrected chi connectivity index (χ2v) is 8.17. The van der Waals surface area contributed by atoms with Crippen LogP contribution in [0, 0.1) is 0 Å². The van der Waals surface area contributed by atoms with Crippen LogP contribution in [-0.4, -0.2) is 54.5 Å². The first-order valence-electron chi connectivity index (χ1n) is 10.8. The van der Waals surface area contributed by atoms with Crippen molar-refractivity contribution in [2.45, 2.75) is 51.2 Å². The molecule has 30 heavy (non-hydrogen) atoms. The van der Waals surface area contributed by atoms with Crippen LogP contribution in [0.2, 0.25) is 0 Å². The fourth-order valence-electron chi connectivity index (χ4n) is 3.84. The lowest BCUT2D eigenvalue weighted by molar-refractivity contribution is 0.108. The largest absolute Gasteiger partial charge is 0.491 e. The first-order valence-corrected chi connectivity index (χ1v) is 10.8. The molecule has 2 N–H and O–H groups in total. The third-order valence-corrected chi connectivity index (χ3v) is 5.59. The molecule has 1 aromatic carbocycles. The van der Waals surface area contributed by atoms with Crippen LogP contribution in [0.3, 0.4) is 0 Å². The fraction of sp³-hybridized carbons (Fsp3) is 0.500. The van der Waals surface area contributed by atoms with Crippen LogP contribution in [0.4, 0.5) is 5.82 Å². The molecule has 0 aliphatic heterocycles. The summed E-state index contributed by atoms with van der Waals surface area (Å²) >= 11 is 0. The van der Waals surface area contributed by atoms with Gasteiger partial charge in [0.05, 0.1) is 5.69 Å². The van der Waals surface area contributed by atoms with Crippen molar-refractivity contribution >= 4 is 11.4 Å². The van der Waals surface area contributed by atoms with Crippen molar-refractivity contribution in [2.24, 2.45) is 0 Å². The molecule has 2 aromatic rings. The van der Waals surface area contributed by atoms with Crippen molar-refractivity contribution in [1.29, 1.82) is 0 Å². The molecule has 1 atom stereocenters. The Hall–Kier alpha value is -2.44. The van der Waals surface area contributed by atoms with Crippen LogP contribution < -0.4 is 15.0 Å². The summed E-state index contributed by atoms with van der Waals surface area (Å²) < 4.78 is 5.77. The quantitative estimate of drug-likeness (QED) is 0.653. The summed E-state index contributed by atoms with van der Waals surface area (Å²) in [4.78, 5) is 11.8. The molecule has 0 saturated heterocycles. The Balaban J connectivity index is 1.86. The van der Waals surface area contributed by atoms with E-state index in [9.17, 15) is 5.11 Å². The van der Waals surface area contributed by atoms with Crippen LogP contribution >= 0.6 is 0 Å². The molecule has 0 amide bonds. The molecular weight excluding hydrogens is 376 g/mol. The van der Waals surface area contributed by atoms with Gasteiger partial charge in [0.15, 0.2) is 5.82 Å². The van der Waals surface area contributed by atoms with Crippen molar-refractivity contribution in [2.75, 3.05) is 32.1 Å². The first kappa shape index (κ1) is 22.2. The number of aliphatic hydroxyl groups excluding tert-OH is 1. The lowest BCUT2D eigenvalue weighted by atomic mass is 9.94. The van der Waals surface area contributed by atoms with Gasteiger partial charge in [0.1, 0.15) is 24.3 Å². The van der Waals surface area contributed by atoms with Gasteiger partial charge in [0.25, 0.3) is 0 Å². The summed E-state index contributed by atoms with van der Waals surface area (Å²) in [6.45, 7) is 6.72. The summed E-state index contributed by atoms with van der Waals surface area (Å²) in [6.07, 6.45) is 5.74. The maximum Gasteiger partial charge on any atom is 0.157 e. The van der Waals surface area contributed by atoms with Gasteiger partial charge in [-0.15, -0.1) is 0 Å². The minimum absolute atomic E-state index is 0.237. The zero-order chi connectivity index (χ0) is 21.5. The molecule has 0 bridgehead atoms. The van der Waals surface area contributed by atoms with Crippen LogP contribution in [0.5, 0.6) is 5.75 Å². The number of hydrogen-bond acceptors (Lipinski definition) is 6. The second-order valence-electron chi connectivity index (χ2n) is 8.17. The van der Waals surface area contributed by atoms with E-state index in [4.69, 9.17) is 14.7 Å². The van der Waals surface area contributed by atoms with Crippen molar-refractivity contribution in [3.8, 4) is 17.0 Å². The van der Waals surface area contributed by atoms with Crippen molar-refractivity contribution in [3.63, 3.8) is 0 Å². The molecule has 1 aliphatic rings. The number of likely N-dealkylation sites (N-methyl/N-ethyl adjacent to an activating group) is 1. The normalized spacial score (nSPS) is 15.6. The molecule has 3 rings (SSSR count). The van der Waals surface area contributed by atoms with E-state index >= 15 is 0 Å². The molecule has 6 heteroatoms. The van der Waals surface area contributed by atoms with Gasteiger partial charge >= 0.3 is 0 Å². The Morgan fingerprint density at radius 1 is 1.27 bits per heavy atom. The summed E-state index contributed by atoms with van der Waals surface area (Å²) in [5.41, 5.74) is 2.65. The van der Waals surface area contributed by atoms with Gasteiger partial charge in [0.2, 0.25) is 0 Å². The molecule has 162 valence electrons. The van der Waals surface area contributed by atoms with E-state index in [1.165, 1.54) is 32.1 Å². The van der Waals surface area contributed by atoms with E-state index in [0.717, 1.165) is 22.6 Å². The van der Waals surface area contributed by atoms with Gasteiger partial charge in [-0.25, -0.2) is 9.97 Å². The Morgan fingerprint density at radius 3 is 2.73 bits per heavy atom. The SMILES string of the molecule is C=C(C)c1nc(-c2cccc(OCC(O)CNC)c2)cc(N(C)C2CCCCC2)n1. The molecule has 6 nitrogen and oxygen atoms in total. The number of nitrogens with zero attached hydrogens (tertiary/aromatic N) is 3. The summed E-state index contributed by atoms with van der Waals surface area (Å²) in [7, 11) is 3.94. The minimum atomic E-state index is -0.552. The van der Waals surface area contributed by atoms with E-state index in [2.05, 4.69) is 29.9 Å². The Kier molecular flexibility index (Phi) is 7.82. The van der Waals surface area contributed by atoms with Gasteiger partial charge in [-0.1, -0.05) is 38.0 Å². The Morgan fingerprint density at radius 2 is 2.03 bits per heavy atom. The molecule has 1 fully saturated rings. The minimum Gasteiger partial charge on any atom is -0.491 e. The third-order valence-electron chi connectivity index (χ3n) is 5.59. The number of hydrogen-bond donors (Lipinski definition) is 2. The van der Waals surface area contributed by atoms with E-state index < -0.39 is 6.10 Å². The number of aliphatic hydroxyl groups is 1. The molecule has 1 unspecified atom stereocenters. The van der Waals surface area contributed by atoms with Crippen LogP contribution in [0.15, 0.2) is 36.9 Å². The molecule has 1 saturated carbocycles. The molecule has 1 heterocycles. The maximum absolute atomic E-state index is 9.89.